The van der Waals surface area contributed by atoms with Crippen molar-refractivity contribution >= 4 is 18.0 Å². The fraction of sp³-hybridized carbons (Fsp3) is 0.688. The van der Waals surface area contributed by atoms with E-state index in [0.29, 0.717) is 0 Å². The Balaban J connectivity index is 2.82. The van der Waals surface area contributed by atoms with Crippen LogP contribution in [0, 0.1) is 0 Å². The Morgan fingerprint density at radius 3 is 2.46 bits per heavy atom. The third-order valence-corrected chi connectivity index (χ3v) is 3.31. The van der Waals surface area contributed by atoms with Crippen molar-refractivity contribution in [1.82, 2.24) is 10.2 Å². The molecule has 1 aliphatic rings. The zero-order valence-corrected chi connectivity index (χ0v) is 15.0. The Bertz CT molecular complexity index is 535. The normalized spacial score (nSPS) is 21.6. The second-order valence-electron chi connectivity index (χ2n) is 7.10. The van der Waals surface area contributed by atoms with E-state index in [9.17, 15) is 14.4 Å². The maximum absolute atomic E-state index is 12.4. The Kier molecular flexibility index (Phi) is 5.99. The van der Waals surface area contributed by atoms with E-state index < -0.39 is 41.4 Å². The van der Waals surface area contributed by atoms with Crippen molar-refractivity contribution < 1.29 is 29.0 Å². The molecule has 0 bridgehead atoms. The molecule has 2 N–H and O–H groups in total. The van der Waals surface area contributed by atoms with E-state index in [-0.39, 0.29) is 6.61 Å². The number of ether oxygens (including phenoxy) is 2. The van der Waals surface area contributed by atoms with Gasteiger partial charge < -0.3 is 19.9 Å². The molecule has 0 saturated carbocycles. The van der Waals surface area contributed by atoms with E-state index in [2.05, 4.69) is 5.32 Å². The van der Waals surface area contributed by atoms with Crippen LogP contribution in [0.25, 0.3) is 0 Å². The summed E-state index contributed by atoms with van der Waals surface area (Å²) < 4.78 is 11.0. The van der Waals surface area contributed by atoms with Gasteiger partial charge in [-0.15, -0.1) is 0 Å². The summed E-state index contributed by atoms with van der Waals surface area (Å²) in [7, 11) is 0. The number of carbonyl (C=O) groups excluding carboxylic acids is 2. The van der Waals surface area contributed by atoms with Crippen LogP contribution in [-0.4, -0.2) is 58.0 Å². The second kappa shape index (κ2) is 7.21. The first kappa shape index (κ1) is 20.0. The number of nitrogens with one attached hydrogen (secondary N) is 1. The lowest BCUT2D eigenvalue weighted by molar-refractivity contribution is -0.140. The van der Waals surface area contributed by atoms with E-state index in [1.165, 1.54) is 24.0 Å². The lowest BCUT2D eigenvalue weighted by Crippen LogP contribution is -2.49. The van der Waals surface area contributed by atoms with Crippen LogP contribution >= 0.6 is 0 Å². The number of amides is 2. The molecule has 2 amide bonds. The van der Waals surface area contributed by atoms with Gasteiger partial charge in [0.25, 0.3) is 0 Å². The standard InChI is InChI=1S/C16H26N2O6/c1-10(13(20)21)17-12(19)8-7-11-9-23-16(5,6)18(11)14(22)24-15(2,3)4/h7-8,10-11H,9H2,1-6H3,(H,17,19)(H,20,21)/b8-7+/t10-,11-/m0/s1. The molecule has 1 heterocycles. The fourth-order valence-electron chi connectivity index (χ4n) is 2.16. The number of carbonyl (C=O) groups is 3. The summed E-state index contributed by atoms with van der Waals surface area (Å²) in [6, 6.07) is -1.49. The van der Waals surface area contributed by atoms with Gasteiger partial charge in [0, 0.05) is 6.08 Å². The highest BCUT2D eigenvalue weighted by Gasteiger charge is 2.44. The van der Waals surface area contributed by atoms with Gasteiger partial charge in [-0.1, -0.05) is 6.08 Å². The van der Waals surface area contributed by atoms with Crippen molar-refractivity contribution in [1.29, 1.82) is 0 Å². The van der Waals surface area contributed by atoms with E-state index >= 15 is 0 Å². The van der Waals surface area contributed by atoms with Crippen molar-refractivity contribution in [2.75, 3.05) is 6.61 Å². The van der Waals surface area contributed by atoms with E-state index in [1.807, 2.05) is 0 Å². The Hall–Kier alpha value is -2.09. The molecule has 0 unspecified atom stereocenters. The summed E-state index contributed by atoms with van der Waals surface area (Å²) in [4.78, 5) is 36.3. The summed E-state index contributed by atoms with van der Waals surface area (Å²) in [6.07, 6.45) is 2.16. The van der Waals surface area contributed by atoms with Crippen LogP contribution in [0.15, 0.2) is 12.2 Å². The molecular formula is C16H26N2O6. The lowest BCUT2D eigenvalue weighted by Gasteiger charge is -2.34. The third-order valence-electron chi connectivity index (χ3n) is 3.31. The number of aliphatic carboxylic acids is 1. The van der Waals surface area contributed by atoms with E-state index in [0.717, 1.165) is 0 Å². The van der Waals surface area contributed by atoms with Gasteiger partial charge in [0.2, 0.25) is 5.91 Å². The van der Waals surface area contributed by atoms with Crippen molar-refractivity contribution in [3.8, 4) is 0 Å². The van der Waals surface area contributed by atoms with Gasteiger partial charge in [0.05, 0.1) is 12.6 Å². The number of nitrogens with zero attached hydrogens (tertiary/aromatic N) is 1. The maximum Gasteiger partial charge on any atom is 0.413 e. The van der Waals surface area contributed by atoms with Gasteiger partial charge in [0.1, 0.15) is 17.4 Å². The van der Waals surface area contributed by atoms with Crippen LogP contribution < -0.4 is 5.32 Å². The van der Waals surface area contributed by atoms with Crippen molar-refractivity contribution in [3.63, 3.8) is 0 Å². The highest BCUT2D eigenvalue weighted by atomic mass is 16.6. The minimum Gasteiger partial charge on any atom is -0.480 e. The molecule has 8 nitrogen and oxygen atoms in total. The monoisotopic (exact) mass is 342 g/mol. The highest BCUT2D eigenvalue weighted by Crippen LogP contribution is 2.29. The first-order valence-electron chi connectivity index (χ1n) is 7.71. The average molecular weight is 342 g/mol. The Labute approximate surface area is 141 Å². The number of carboxylic acid groups (broad SMARTS) is 1. The van der Waals surface area contributed by atoms with Crippen molar-refractivity contribution in [3.05, 3.63) is 12.2 Å². The molecule has 1 aliphatic heterocycles. The third kappa shape index (κ3) is 5.52. The smallest absolute Gasteiger partial charge is 0.413 e. The van der Waals surface area contributed by atoms with Crippen LogP contribution in [0.2, 0.25) is 0 Å². The quantitative estimate of drug-likeness (QED) is 0.750. The molecule has 0 spiro atoms. The van der Waals surface area contributed by atoms with Gasteiger partial charge in [0.15, 0.2) is 0 Å². The Morgan fingerprint density at radius 2 is 1.96 bits per heavy atom. The minimum absolute atomic E-state index is 0.213. The zero-order chi connectivity index (χ0) is 18.7. The fourth-order valence-corrected chi connectivity index (χ4v) is 2.16. The molecule has 0 aromatic heterocycles. The van der Waals surface area contributed by atoms with Gasteiger partial charge in [-0.3, -0.25) is 14.5 Å². The summed E-state index contributed by atoms with van der Waals surface area (Å²) >= 11 is 0. The van der Waals surface area contributed by atoms with Crippen LogP contribution in [0.3, 0.4) is 0 Å². The van der Waals surface area contributed by atoms with Crippen molar-refractivity contribution in [2.45, 2.75) is 65.0 Å². The summed E-state index contributed by atoms with van der Waals surface area (Å²) in [5.41, 5.74) is -1.53. The number of carboxylic acids is 1. The lowest BCUT2D eigenvalue weighted by atomic mass is 10.2. The van der Waals surface area contributed by atoms with Gasteiger partial charge in [-0.25, -0.2) is 4.79 Å². The topological polar surface area (TPSA) is 105 Å². The van der Waals surface area contributed by atoms with Crippen LogP contribution in [0.5, 0.6) is 0 Å². The number of hydrogen-bond acceptors (Lipinski definition) is 5. The van der Waals surface area contributed by atoms with Crippen LogP contribution in [0.4, 0.5) is 4.79 Å². The molecule has 136 valence electrons. The van der Waals surface area contributed by atoms with Crippen LogP contribution in [-0.2, 0) is 19.1 Å². The van der Waals surface area contributed by atoms with Crippen LogP contribution in [0.1, 0.15) is 41.5 Å². The van der Waals surface area contributed by atoms with Gasteiger partial charge in [-0.2, -0.15) is 0 Å². The number of rotatable bonds is 4. The molecule has 2 atom stereocenters. The molecule has 1 saturated heterocycles. The molecular weight excluding hydrogens is 316 g/mol. The predicted molar refractivity (Wildman–Crippen MR) is 86.3 cm³/mol. The highest BCUT2D eigenvalue weighted by molar-refractivity contribution is 5.91. The first-order chi connectivity index (χ1) is 10.8. The summed E-state index contributed by atoms with van der Waals surface area (Å²) in [5, 5.41) is 11.1. The largest absolute Gasteiger partial charge is 0.480 e. The minimum atomic E-state index is -1.13. The van der Waals surface area contributed by atoms with E-state index in [1.54, 1.807) is 34.6 Å². The average Bonchev–Trinajstić information content (AvgIpc) is 2.69. The predicted octanol–water partition coefficient (Wildman–Crippen LogP) is 1.50. The van der Waals surface area contributed by atoms with Crippen molar-refractivity contribution in [2.24, 2.45) is 0 Å². The summed E-state index contributed by atoms with van der Waals surface area (Å²) in [5.74, 6) is -1.68. The zero-order valence-electron chi connectivity index (χ0n) is 15.0. The first-order valence-corrected chi connectivity index (χ1v) is 7.71. The molecule has 1 fully saturated rings. The van der Waals surface area contributed by atoms with Gasteiger partial charge >= 0.3 is 12.1 Å². The molecule has 0 aromatic carbocycles. The molecule has 0 aliphatic carbocycles. The molecule has 1 rings (SSSR count). The van der Waals surface area contributed by atoms with Gasteiger partial charge in [-0.05, 0) is 41.5 Å². The maximum atomic E-state index is 12.4. The molecule has 0 aromatic rings. The van der Waals surface area contributed by atoms with E-state index in [4.69, 9.17) is 14.6 Å². The molecule has 8 heteroatoms. The molecule has 24 heavy (non-hydrogen) atoms. The number of hydrogen-bond donors (Lipinski definition) is 2. The molecule has 0 radical (unpaired) electrons. The summed E-state index contributed by atoms with van der Waals surface area (Å²) in [6.45, 7) is 10.3. The Morgan fingerprint density at radius 1 is 1.38 bits per heavy atom. The second-order valence-corrected chi connectivity index (χ2v) is 7.10. The SMILES string of the molecule is C[C@H](NC(=O)/C=C/[C@H]1COC(C)(C)N1C(=O)OC(C)(C)C)C(=O)O.